The van der Waals surface area contributed by atoms with Crippen molar-refractivity contribution >= 4 is 17.5 Å². The van der Waals surface area contributed by atoms with Gasteiger partial charge in [-0.25, -0.2) is 0 Å². The van der Waals surface area contributed by atoms with Gasteiger partial charge in [0.25, 0.3) is 5.91 Å². The van der Waals surface area contributed by atoms with Crippen LogP contribution in [0.3, 0.4) is 0 Å². The van der Waals surface area contributed by atoms with Crippen molar-refractivity contribution in [3.8, 4) is 0 Å². The van der Waals surface area contributed by atoms with Gasteiger partial charge in [0.15, 0.2) is 0 Å². The standard InChI is InChI=1S/C17H23N3O4/c21-16(11-15-12-24-7-4-18-15)19-14-3-1-2-13(10-14)17(22)20-5-8-23-9-6-20/h1-3,10,15,18H,4-9,11-12H2,(H,19,21). The number of nitrogens with one attached hydrogen (secondary N) is 2. The quantitative estimate of drug-likeness (QED) is 0.838. The average molecular weight is 333 g/mol. The third kappa shape index (κ3) is 4.53. The molecular weight excluding hydrogens is 310 g/mol. The summed E-state index contributed by atoms with van der Waals surface area (Å²) in [5.74, 6) is -0.120. The van der Waals surface area contributed by atoms with Crippen molar-refractivity contribution in [2.75, 3.05) is 51.4 Å². The van der Waals surface area contributed by atoms with E-state index in [4.69, 9.17) is 9.47 Å². The number of nitrogens with zero attached hydrogens (tertiary/aromatic N) is 1. The summed E-state index contributed by atoms with van der Waals surface area (Å²) in [6, 6.07) is 7.10. The number of ether oxygens (including phenoxy) is 2. The molecule has 2 amide bonds. The molecule has 1 aromatic carbocycles. The van der Waals surface area contributed by atoms with Crippen molar-refractivity contribution in [1.29, 1.82) is 0 Å². The normalized spacial score (nSPS) is 21.3. The molecule has 1 atom stereocenters. The lowest BCUT2D eigenvalue weighted by molar-refractivity contribution is -0.117. The fourth-order valence-electron chi connectivity index (χ4n) is 2.87. The molecule has 0 radical (unpaired) electrons. The van der Waals surface area contributed by atoms with E-state index in [2.05, 4.69) is 10.6 Å². The van der Waals surface area contributed by atoms with Crippen LogP contribution in [0.4, 0.5) is 5.69 Å². The Bertz CT molecular complexity index is 581. The fraction of sp³-hybridized carbons (Fsp3) is 0.529. The first-order valence-electron chi connectivity index (χ1n) is 8.30. The summed E-state index contributed by atoms with van der Waals surface area (Å²) in [5.41, 5.74) is 1.21. The van der Waals surface area contributed by atoms with Crippen LogP contribution in [-0.2, 0) is 14.3 Å². The molecular formula is C17H23N3O4. The van der Waals surface area contributed by atoms with Gasteiger partial charge in [0, 0.05) is 43.3 Å². The van der Waals surface area contributed by atoms with Crippen LogP contribution in [0.25, 0.3) is 0 Å². The highest BCUT2D eigenvalue weighted by molar-refractivity contribution is 5.97. The highest BCUT2D eigenvalue weighted by Crippen LogP contribution is 2.14. The molecule has 7 heteroatoms. The Morgan fingerprint density at radius 2 is 2.04 bits per heavy atom. The van der Waals surface area contributed by atoms with Gasteiger partial charge < -0.3 is 25.0 Å². The molecule has 2 N–H and O–H groups in total. The maximum Gasteiger partial charge on any atom is 0.254 e. The summed E-state index contributed by atoms with van der Waals surface area (Å²) >= 11 is 0. The smallest absolute Gasteiger partial charge is 0.254 e. The second-order valence-electron chi connectivity index (χ2n) is 5.96. The van der Waals surface area contributed by atoms with Crippen molar-refractivity contribution in [3.05, 3.63) is 29.8 Å². The van der Waals surface area contributed by atoms with E-state index in [9.17, 15) is 9.59 Å². The van der Waals surface area contributed by atoms with Crippen LogP contribution in [0.2, 0.25) is 0 Å². The van der Waals surface area contributed by atoms with Crippen LogP contribution < -0.4 is 10.6 Å². The average Bonchev–Trinajstić information content (AvgIpc) is 2.63. The van der Waals surface area contributed by atoms with Gasteiger partial charge in [-0.2, -0.15) is 0 Å². The number of rotatable bonds is 4. The second kappa shape index (κ2) is 8.23. The van der Waals surface area contributed by atoms with E-state index in [0.29, 0.717) is 57.2 Å². The van der Waals surface area contributed by atoms with Crippen molar-refractivity contribution in [2.45, 2.75) is 12.5 Å². The molecule has 0 aromatic heterocycles. The van der Waals surface area contributed by atoms with E-state index in [1.807, 2.05) is 0 Å². The summed E-state index contributed by atoms with van der Waals surface area (Å²) in [4.78, 5) is 26.4. The second-order valence-corrected chi connectivity index (χ2v) is 5.96. The van der Waals surface area contributed by atoms with Gasteiger partial charge in [-0.1, -0.05) is 6.07 Å². The molecule has 0 spiro atoms. The lowest BCUT2D eigenvalue weighted by Gasteiger charge is -2.27. The zero-order valence-corrected chi connectivity index (χ0v) is 13.6. The van der Waals surface area contributed by atoms with Crippen LogP contribution in [-0.4, -0.2) is 68.8 Å². The van der Waals surface area contributed by atoms with Gasteiger partial charge in [-0.3, -0.25) is 9.59 Å². The summed E-state index contributed by atoms with van der Waals surface area (Å²) in [6.45, 7) is 4.33. The maximum absolute atomic E-state index is 12.5. The number of benzene rings is 1. The van der Waals surface area contributed by atoms with Crippen molar-refractivity contribution in [1.82, 2.24) is 10.2 Å². The third-order valence-corrected chi connectivity index (χ3v) is 4.12. The predicted octanol–water partition coefficient (Wildman–Crippen LogP) is 0.476. The molecule has 1 unspecified atom stereocenters. The molecule has 2 saturated heterocycles. The van der Waals surface area contributed by atoms with Crippen molar-refractivity contribution in [3.63, 3.8) is 0 Å². The van der Waals surface area contributed by atoms with Crippen LogP contribution in [0, 0.1) is 0 Å². The topological polar surface area (TPSA) is 79.9 Å². The Hall–Kier alpha value is -1.96. The van der Waals surface area contributed by atoms with Crippen LogP contribution in [0.15, 0.2) is 24.3 Å². The molecule has 7 nitrogen and oxygen atoms in total. The molecule has 2 fully saturated rings. The molecule has 2 aliphatic rings. The van der Waals surface area contributed by atoms with Crippen molar-refractivity contribution in [2.24, 2.45) is 0 Å². The minimum absolute atomic E-state index is 0.0308. The Morgan fingerprint density at radius 3 is 2.79 bits per heavy atom. The Morgan fingerprint density at radius 1 is 1.21 bits per heavy atom. The lowest BCUT2D eigenvalue weighted by atomic mass is 10.1. The maximum atomic E-state index is 12.5. The number of morpholine rings is 2. The summed E-state index contributed by atoms with van der Waals surface area (Å²) in [6.07, 6.45) is 0.349. The zero-order chi connectivity index (χ0) is 16.8. The van der Waals surface area contributed by atoms with Gasteiger partial charge in [0.05, 0.1) is 26.4 Å². The molecule has 2 aliphatic heterocycles. The van der Waals surface area contributed by atoms with Gasteiger partial charge in [0.1, 0.15) is 0 Å². The number of anilines is 1. The summed E-state index contributed by atoms with van der Waals surface area (Å²) < 4.78 is 10.6. The predicted molar refractivity (Wildman–Crippen MR) is 89.0 cm³/mol. The highest BCUT2D eigenvalue weighted by atomic mass is 16.5. The van der Waals surface area contributed by atoms with Crippen molar-refractivity contribution < 1.29 is 19.1 Å². The minimum Gasteiger partial charge on any atom is -0.378 e. The number of hydrogen-bond donors (Lipinski definition) is 2. The van der Waals surface area contributed by atoms with E-state index in [1.165, 1.54) is 0 Å². The van der Waals surface area contributed by atoms with E-state index in [1.54, 1.807) is 29.2 Å². The minimum atomic E-state index is -0.0889. The Kier molecular flexibility index (Phi) is 5.79. The first kappa shape index (κ1) is 16.9. The highest BCUT2D eigenvalue weighted by Gasteiger charge is 2.20. The molecule has 1 aromatic rings. The first-order valence-corrected chi connectivity index (χ1v) is 8.30. The van der Waals surface area contributed by atoms with E-state index >= 15 is 0 Å². The van der Waals surface area contributed by atoms with Crippen LogP contribution in [0.5, 0.6) is 0 Å². The first-order chi connectivity index (χ1) is 11.7. The molecule has 130 valence electrons. The van der Waals surface area contributed by atoms with E-state index < -0.39 is 0 Å². The third-order valence-electron chi connectivity index (χ3n) is 4.12. The van der Waals surface area contributed by atoms with Crippen LogP contribution >= 0.6 is 0 Å². The fourth-order valence-corrected chi connectivity index (χ4v) is 2.87. The Labute approximate surface area is 141 Å². The van der Waals surface area contributed by atoms with Gasteiger partial charge in [-0.05, 0) is 18.2 Å². The van der Waals surface area contributed by atoms with E-state index in [0.717, 1.165) is 6.54 Å². The largest absolute Gasteiger partial charge is 0.378 e. The molecule has 0 saturated carbocycles. The molecule has 2 heterocycles. The number of amides is 2. The number of carbonyl (C=O) groups is 2. The molecule has 0 aliphatic carbocycles. The van der Waals surface area contributed by atoms with E-state index in [-0.39, 0.29) is 17.9 Å². The number of hydrogen-bond acceptors (Lipinski definition) is 5. The number of carbonyl (C=O) groups excluding carboxylic acids is 2. The van der Waals surface area contributed by atoms with Gasteiger partial charge >= 0.3 is 0 Å². The van der Waals surface area contributed by atoms with Gasteiger partial charge in [-0.15, -0.1) is 0 Å². The monoisotopic (exact) mass is 333 g/mol. The lowest BCUT2D eigenvalue weighted by Crippen LogP contribution is -2.43. The SMILES string of the molecule is O=C(CC1COCCN1)Nc1cccc(C(=O)N2CCOCC2)c1. The van der Waals surface area contributed by atoms with Gasteiger partial charge in [0.2, 0.25) is 5.91 Å². The molecule has 0 bridgehead atoms. The Balaban J connectivity index is 1.57. The zero-order valence-electron chi connectivity index (χ0n) is 13.6. The van der Waals surface area contributed by atoms with Crippen LogP contribution in [0.1, 0.15) is 16.8 Å². The summed E-state index contributed by atoms with van der Waals surface area (Å²) in [5, 5.41) is 6.11. The summed E-state index contributed by atoms with van der Waals surface area (Å²) in [7, 11) is 0. The molecule has 3 rings (SSSR count). The molecule has 24 heavy (non-hydrogen) atoms.